The predicted octanol–water partition coefficient (Wildman–Crippen LogP) is 2.88. The van der Waals surface area contributed by atoms with Crippen LogP contribution in [0.1, 0.15) is 33.1 Å². The molecular formula is C12H16O. The summed E-state index contributed by atoms with van der Waals surface area (Å²) in [6.45, 7) is 4.49. The highest BCUT2D eigenvalue weighted by atomic mass is 16.1. The molecule has 0 spiro atoms. The molecule has 1 unspecified atom stereocenters. The third-order valence-corrected chi connectivity index (χ3v) is 3.18. The van der Waals surface area contributed by atoms with Crippen LogP contribution in [-0.4, -0.2) is 5.78 Å². The van der Waals surface area contributed by atoms with Gasteiger partial charge in [-0.25, -0.2) is 0 Å². The van der Waals surface area contributed by atoms with Crippen molar-refractivity contribution in [1.29, 1.82) is 0 Å². The first-order valence-electron chi connectivity index (χ1n) is 5.12. The first kappa shape index (κ1) is 8.74. The van der Waals surface area contributed by atoms with Gasteiger partial charge in [-0.05, 0) is 24.7 Å². The molecule has 0 amide bonds. The van der Waals surface area contributed by atoms with Crippen molar-refractivity contribution in [3.8, 4) is 0 Å². The van der Waals surface area contributed by atoms with Gasteiger partial charge in [-0.1, -0.05) is 31.6 Å². The second kappa shape index (κ2) is 3.13. The second-order valence-electron chi connectivity index (χ2n) is 4.41. The van der Waals surface area contributed by atoms with E-state index < -0.39 is 0 Å². The number of rotatable bonds is 1. The summed E-state index contributed by atoms with van der Waals surface area (Å²) >= 11 is 0. The standard InChI is InChI=1S/C12H16O/c1-8(2)9-3-5-11-10(7-9)4-6-12(11)13/h3,5,8-9H,4,6-7H2,1-2H3. The van der Waals surface area contributed by atoms with Crippen LogP contribution >= 0.6 is 0 Å². The summed E-state index contributed by atoms with van der Waals surface area (Å²) in [5.74, 6) is 1.71. The summed E-state index contributed by atoms with van der Waals surface area (Å²) in [7, 11) is 0. The van der Waals surface area contributed by atoms with Gasteiger partial charge >= 0.3 is 0 Å². The quantitative estimate of drug-likeness (QED) is 0.600. The van der Waals surface area contributed by atoms with Gasteiger partial charge in [0, 0.05) is 12.0 Å². The van der Waals surface area contributed by atoms with Gasteiger partial charge in [0.1, 0.15) is 0 Å². The molecule has 1 atom stereocenters. The number of carbonyl (C=O) groups excluding carboxylic acids is 1. The highest BCUT2D eigenvalue weighted by Crippen LogP contribution is 2.35. The number of hydrogen-bond donors (Lipinski definition) is 0. The van der Waals surface area contributed by atoms with E-state index in [-0.39, 0.29) is 0 Å². The molecule has 13 heavy (non-hydrogen) atoms. The van der Waals surface area contributed by atoms with E-state index in [1.54, 1.807) is 0 Å². The molecule has 0 saturated heterocycles. The Morgan fingerprint density at radius 2 is 2.15 bits per heavy atom. The lowest BCUT2D eigenvalue weighted by molar-refractivity contribution is -0.114. The fourth-order valence-corrected chi connectivity index (χ4v) is 2.18. The molecule has 0 heterocycles. The van der Waals surface area contributed by atoms with E-state index in [0.29, 0.717) is 17.6 Å². The van der Waals surface area contributed by atoms with Gasteiger partial charge in [-0.2, -0.15) is 0 Å². The molecule has 0 N–H and O–H groups in total. The van der Waals surface area contributed by atoms with Crippen LogP contribution in [0.4, 0.5) is 0 Å². The molecule has 0 aromatic heterocycles. The molecule has 70 valence electrons. The highest BCUT2D eigenvalue weighted by Gasteiger charge is 2.26. The zero-order chi connectivity index (χ0) is 9.42. The van der Waals surface area contributed by atoms with Crippen LogP contribution in [0.15, 0.2) is 23.3 Å². The van der Waals surface area contributed by atoms with Crippen LogP contribution < -0.4 is 0 Å². The van der Waals surface area contributed by atoms with Crippen molar-refractivity contribution in [3.63, 3.8) is 0 Å². The molecule has 2 aliphatic carbocycles. The molecule has 0 fully saturated rings. The van der Waals surface area contributed by atoms with E-state index >= 15 is 0 Å². The number of Topliss-reactive ketones (excluding diaryl/α,β-unsaturated/α-hetero) is 1. The SMILES string of the molecule is CC(C)C1C=CC2=C(CCC2=O)C1. The Morgan fingerprint density at radius 3 is 2.85 bits per heavy atom. The molecule has 0 radical (unpaired) electrons. The van der Waals surface area contributed by atoms with Gasteiger partial charge in [0.2, 0.25) is 0 Å². The second-order valence-corrected chi connectivity index (χ2v) is 4.41. The molecule has 2 rings (SSSR count). The van der Waals surface area contributed by atoms with Crippen LogP contribution in [0.3, 0.4) is 0 Å². The maximum absolute atomic E-state index is 11.4. The minimum absolute atomic E-state index is 0.355. The average Bonchev–Trinajstić information content (AvgIpc) is 2.47. The van der Waals surface area contributed by atoms with Gasteiger partial charge in [0.15, 0.2) is 5.78 Å². The van der Waals surface area contributed by atoms with Crippen molar-refractivity contribution in [2.75, 3.05) is 0 Å². The van der Waals surface area contributed by atoms with E-state index in [4.69, 9.17) is 0 Å². The van der Waals surface area contributed by atoms with Crippen molar-refractivity contribution < 1.29 is 4.79 Å². The van der Waals surface area contributed by atoms with Gasteiger partial charge in [0.05, 0.1) is 0 Å². The van der Waals surface area contributed by atoms with Crippen LogP contribution in [0.5, 0.6) is 0 Å². The minimum atomic E-state index is 0.355. The lowest BCUT2D eigenvalue weighted by atomic mass is 9.84. The van der Waals surface area contributed by atoms with Crippen molar-refractivity contribution >= 4 is 5.78 Å². The third kappa shape index (κ3) is 1.48. The number of allylic oxidation sites excluding steroid dienone is 4. The Labute approximate surface area is 79.5 Å². The lowest BCUT2D eigenvalue weighted by Gasteiger charge is -2.21. The Bertz CT molecular complexity index is 294. The van der Waals surface area contributed by atoms with Crippen molar-refractivity contribution in [2.24, 2.45) is 11.8 Å². The number of ketones is 1. The topological polar surface area (TPSA) is 17.1 Å². The maximum atomic E-state index is 11.4. The summed E-state index contributed by atoms with van der Waals surface area (Å²) in [6.07, 6.45) is 7.16. The van der Waals surface area contributed by atoms with Crippen molar-refractivity contribution in [3.05, 3.63) is 23.3 Å². The van der Waals surface area contributed by atoms with Gasteiger partial charge in [0.25, 0.3) is 0 Å². The lowest BCUT2D eigenvalue weighted by Crippen LogP contribution is -2.10. The van der Waals surface area contributed by atoms with E-state index in [1.807, 2.05) is 0 Å². The molecule has 0 bridgehead atoms. The molecule has 2 aliphatic rings. The van der Waals surface area contributed by atoms with Crippen LogP contribution in [0, 0.1) is 11.8 Å². The molecule has 1 heteroatoms. The number of carbonyl (C=O) groups is 1. The van der Waals surface area contributed by atoms with E-state index in [2.05, 4.69) is 26.0 Å². The third-order valence-electron chi connectivity index (χ3n) is 3.18. The summed E-state index contributed by atoms with van der Waals surface area (Å²) in [5.41, 5.74) is 2.43. The van der Waals surface area contributed by atoms with Crippen LogP contribution in [-0.2, 0) is 4.79 Å². The van der Waals surface area contributed by atoms with E-state index in [9.17, 15) is 4.79 Å². The van der Waals surface area contributed by atoms with Crippen molar-refractivity contribution in [1.82, 2.24) is 0 Å². The van der Waals surface area contributed by atoms with E-state index in [0.717, 1.165) is 24.8 Å². The highest BCUT2D eigenvalue weighted by molar-refractivity contribution is 6.01. The normalized spacial score (nSPS) is 27.3. The van der Waals surface area contributed by atoms with Gasteiger partial charge in [-0.15, -0.1) is 0 Å². The Kier molecular flexibility index (Phi) is 2.10. The first-order valence-corrected chi connectivity index (χ1v) is 5.12. The minimum Gasteiger partial charge on any atom is -0.294 e. The Hall–Kier alpha value is -0.850. The van der Waals surface area contributed by atoms with Gasteiger partial charge < -0.3 is 0 Å². The molecule has 0 aliphatic heterocycles. The Balaban J connectivity index is 2.19. The smallest absolute Gasteiger partial charge is 0.163 e. The summed E-state index contributed by atoms with van der Waals surface area (Å²) in [4.78, 5) is 11.4. The number of hydrogen-bond acceptors (Lipinski definition) is 1. The zero-order valence-corrected chi connectivity index (χ0v) is 8.34. The summed E-state index contributed by atoms with van der Waals surface area (Å²) < 4.78 is 0. The van der Waals surface area contributed by atoms with Crippen LogP contribution in [0.25, 0.3) is 0 Å². The summed E-state index contributed by atoms with van der Waals surface area (Å²) in [5, 5.41) is 0. The monoisotopic (exact) mass is 176 g/mol. The molecule has 1 nitrogen and oxygen atoms in total. The predicted molar refractivity (Wildman–Crippen MR) is 53.4 cm³/mol. The maximum Gasteiger partial charge on any atom is 0.163 e. The molecule has 0 aromatic rings. The molecule has 0 aromatic carbocycles. The Morgan fingerprint density at radius 1 is 1.38 bits per heavy atom. The van der Waals surface area contributed by atoms with Gasteiger partial charge in [-0.3, -0.25) is 4.79 Å². The summed E-state index contributed by atoms with van der Waals surface area (Å²) in [6, 6.07) is 0. The zero-order valence-electron chi connectivity index (χ0n) is 8.34. The van der Waals surface area contributed by atoms with Crippen LogP contribution in [0.2, 0.25) is 0 Å². The fraction of sp³-hybridized carbons (Fsp3) is 0.583. The fourth-order valence-electron chi connectivity index (χ4n) is 2.18. The average molecular weight is 176 g/mol. The first-order chi connectivity index (χ1) is 6.18. The van der Waals surface area contributed by atoms with E-state index in [1.165, 1.54) is 5.57 Å². The molecule has 0 saturated carbocycles. The van der Waals surface area contributed by atoms with Crippen molar-refractivity contribution in [2.45, 2.75) is 33.1 Å². The largest absolute Gasteiger partial charge is 0.294 e. The molecular weight excluding hydrogens is 160 g/mol.